The number of thiazole rings is 1. The molecule has 2 amide bonds. The van der Waals surface area contributed by atoms with E-state index in [1.807, 2.05) is 36.4 Å². The number of carbonyl (C=O) groups excluding carboxylic acids is 2. The highest BCUT2D eigenvalue weighted by molar-refractivity contribution is 7.13. The molecule has 0 radical (unpaired) electrons. The molecule has 0 unspecified atom stereocenters. The minimum Gasteiger partial charge on any atom is -0.484 e. The fourth-order valence-corrected chi connectivity index (χ4v) is 4.18. The molecule has 0 saturated carbocycles. The second-order valence-electron chi connectivity index (χ2n) is 8.15. The molecule has 0 aliphatic carbocycles. The van der Waals surface area contributed by atoms with Gasteiger partial charge < -0.3 is 10.1 Å². The molecule has 154 valence electrons. The van der Waals surface area contributed by atoms with Gasteiger partial charge in [0.1, 0.15) is 17.3 Å². The van der Waals surface area contributed by atoms with Gasteiger partial charge >= 0.3 is 0 Å². The van der Waals surface area contributed by atoms with Crippen molar-refractivity contribution in [2.45, 2.75) is 26.2 Å². The van der Waals surface area contributed by atoms with E-state index in [1.165, 1.54) is 4.90 Å². The quantitative estimate of drug-likeness (QED) is 0.675. The molecule has 0 bridgehead atoms. The number of benzene rings is 2. The molecule has 6 nitrogen and oxygen atoms in total. The van der Waals surface area contributed by atoms with Crippen molar-refractivity contribution in [1.82, 2.24) is 4.98 Å². The van der Waals surface area contributed by atoms with Crippen LogP contribution in [0, 0.1) is 0 Å². The van der Waals surface area contributed by atoms with Gasteiger partial charge in [-0.3, -0.25) is 14.5 Å². The van der Waals surface area contributed by atoms with Crippen LogP contribution in [0.5, 0.6) is 5.75 Å². The molecule has 4 rings (SSSR count). The Bertz CT molecular complexity index is 1080. The van der Waals surface area contributed by atoms with E-state index in [-0.39, 0.29) is 30.4 Å². The Kier molecular flexibility index (Phi) is 5.30. The van der Waals surface area contributed by atoms with Crippen LogP contribution in [0.25, 0.3) is 10.6 Å². The largest absolute Gasteiger partial charge is 0.484 e. The Morgan fingerprint density at radius 2 is 1.90 bits per heavy atom. The van der Waals surface area contributed by atoms with Crippen molar-refractivity contribution in [1.29, 1.82) is 0 Å². The van der Waals surface area contributed by atoms with E-state index in [0.29, 0.717) is 17.1 Å². The molecular weight excluding hydrogens is 398 g/mol. The number of aromatic nitrogens is 1. The first kappa shape index (κ1) is 20.1. The molecule has 0 atom stereocenters. The summed E-state index contributed by atoms with van der Waals surface area (Å²) in [5.74, 6) is 0.107. The molecule has 0 fully saturated rings. The van der Waals surface area contributed by atoms with Crippen molar-refractivity contribution in [3.8, 4) is 16.3 Å². The lowest BCUT2D eigenvalue weighted by Crippen LogP contribution is -2.44. The Hall–Kier alpha value is -3.19. The van der Waals surface area contributed by atoms with Gasteiger partial charge in [0.15, 0.2) is 6.61 Å². The molecule has 1 aromatic heterocycles. The van der Waals surface area contributed by atoms with E-state index in [4.69, 9.17) is 9.72 Å². The number of hydrogen-bond acceptors (Lipinski definition) is 5. The van der Waals surface area contributed by atoms with E-state index in [2.05, 4.69) is 31.5 Å². The van der Waals surface area contributed by atoms with Crippen LogP contribution < -0.4 is 15.0 Å². The summed E-state index contributed by atoms with van der Waals surface area (Å²) in [6.07, 6.45) is 0. The summed E-state index contributed by atoms with van der Waals surface area (Å²) in [6.45, 7) is 6.27. The maximum Gasteiger partial charge on any atom is 0.265 e. The smallest absolute Gasteiger partial charge is 0.265 e. The zero-order valence-corrected chi connectivity index (χ0v) is 18.0. The average Bonchev–Trinajstić information content (AvgIpc) is 3.22. The molecule has 2 aromatic carbocycles. The Morgan fingerprint density at radius 3 is 2.60 bits per heavy atom. The standard InChI is InChI=1S/C23H23N3O3S/c1-23(2,3)19-14-30-22(25-19)15-8-10-16(11-9-15)29-13-21(28)26-12-20(27)24-17-6-4-5-7-18(17)26/h4-11,14H,12-13H2,1-3H3,(H,24,27). The summed E-state index contributed by atoms with van der Waals surface area (Å²) in [4.78, 5) is 30.8. The molecule has 7 heteroatoms. The van der Waals surface area contributed by atoms with Crippen LogP contribution >= 0.6 is 11.3 Å². The third kappa shape index (κ3) is 4.21. The fraction of sp³-hybridized carbons (Fsp3) is 0.261. The molecular formula is C23H23N3O3S. The van der Waals surface area contributed by atoms with Gasteiger partial charge in [-0.2, -0.15) is 0 Å². The fourth-order valence-electron chi connectivity index (χ4n) is 3.12. The van der Waals surface area contributed by atoms with Crippen LogP contribution in [0.1, 0.15) is 26.5 Å². The number of fused-ring (bicyclic) bond motifs is 1. The first-order chi connectivity index (χ1) is 14.3. The Labute approximate surface area is 179 Å². The van der Waals surface area contributed by atoms with Crippen molar-refractivity contribution >= 4 is 34.5 Å². The van der Waals surface area contributed by atoms with E-state index in [0.717, 1.165) is 16.3 Å². The van der Waals surface area contributed by atoms with Crippen LogP contribution in [0.2, 0.25) is 0 Å². The van der Waals surface area contributed by atoms with Gasteiger partial charge in [-0.05, 0) is 36.4 Å². The van der Waals surface area contributed by atoms with E-state index in [1.54, 1.807) is 23.5 Å². The molecule has 0 spiro atoms. The van der Waals surface area contributed by atoms with Crippen molar-refractivity contribution in [2.75, 3.05) is 23.4 Å². The van der Waals surface area contributed by atoms with Gasteiger partial charge in [0.25, 0.3) is 5.91 Å². The minimum absolute atomic E-state index is 0.0156. The van der Waals surface area contributed by atoms with Crippen LogP contribution in [-0.2, 0) is 15.0 Å². The van der Waals surface area contributed by atoms with Gasteiger partial charge in [0.2, 0.25) is 5.91 Å². The van der Waals surface area contributed by atoms with Crippen molar-refractivity contribution in [3.05, 3.63) is 59.6 Å². The predicted molar refractivity (Wildman–Crippen MR) is 119 cm³/mol. The summed E-state index contributed by atoms with van der Waals surface area (Å²) in [6, 6.07) is 14.8. The van der Waals surface area contributed by atoms with E-state index in [9.17, 15) is 9.59 Å². The first-order valence-electron chi connectivity index (χ1n) is 9.70. The summed E-state index contributed by atoms with van der Waals surface area (Å²) in [5.41, 5.74) is 3.40. The van der Waals surface area contributed by atoms with Crippen LogP contribution in [0.3, 0.4) is 0 Å². The van der Waals surface area contributed by atoms with Gasteiger partial charge in [0.05, 0.1) is 17.1 Å². The summed E-state index contributed by atoms with van der Waals surface area (Å²) in [7, 11) is 0. The molecule has 2 heterocycles. The summed E-state index contributed by atoms with van der Waals surface area (Å²) in [5, 5.41) is 5.82. The topological polar surface area (TPSA) is 71.5 Å². The van der Waals surface area contributed by atoms with Crippen LogP contribution in [0.4, 0.5) is 11.4 Å². The maximum atomic E-state index is 12.7. The van der Waals surface area contributed by atoms with Crippen LogP contribution in [-0.4, -0.2) is 29.9 Å². The number of para-hydroxylation sites is 2. The lowest BCUT2D eigenvalue weighted by Gasteiger charge is -2.29. The van der Waals surface area contributed by atoms with Gasteiger partial charge in [-0.1, -0.05) is 32.9 Å². The van der Waals surface area contributed by atoms with E-state index < -0.39 is 0 Å². The van der Waals surface area contributed by atoms with Gasteiger partial charge in [0, 0.05) is 16.4 Å². The second kappa shape index (κ2) is 7.91. The first-order valence-corrected chi connectivity index (χ1v) is 10.6. The van der Waals surface area contributed by atoms with Gasteiger partial charge in [-0.25, -0.2) is 4.98 Å². The highest BCUT2D eigenvalue weighted by Gasteiger charge is 2.26. The number of anilines is 2. The molecule has 1 N–H and O–H groups in total. The third-order valence-electron chi connectivity index (χ3n) is 4.81. The van der Waals surface area contributed by atoms with Crippen molar-refractivity contribution in [3.63, 3.8) is 0 Å². The molecule has 0 saturated heterocycles. The molecule has 1 aliphatic heterocycles. The third-order valence-corrected chi connectivity index (χ3v) is 5.70. The molecule has 3 aromatic rings. The lowest BCUT2D eigenvalue weighted by molar-refractivity contribution is -0.123. The Morgan fingerprint density at radius 1 is 1.17 bits per heavy atom. The van der Waals surface area contributed by atoms with Crippen molar-refractivity contribution in [2.24, 2.45) is 0 Å². The van der Waals surface area contributed by atoms with Gasteiger partial charge in [-0.15, -0.1) is 11.3 Å². The number of nitrogens with zero attached hydrogens (tertiary/aromatic N) is 2. The Balaban J connectivity index is 1.42. The monoisotopic (exact) mass is 421 g/mol. The number of rotatable bonds is 4. The normalized spacial score (nSPS) is 13.6. The number of ether oxygens (including phenoxy) is 1. The highest BCUT2D eigenvalue weighted by atomic mass is 32.1. The molecule has 1 aliphatic rings. The predicted octanol–water partition coefficient (Wildman–Crippen LogP) is 4.47. The van der Waals surface area contributed by atoms with E-state index >= 15 is 0 Å². The SMILES string of the molecule is CC(C)(C)c1csc(-c2ccc(OCC(=O)N3CC(=O)Nc4ccccc43)cc2)n1. The number of carbonyl (C=O) groups is 2. The molecule has 30 heavy (non-hydrogen) atoms. The maximum absolute atomic E-state index is 12.7. The van der Waals surface area contributed by atoms with Crippen LogP contribution in [0.15, 0.2) is 53.9 Å². The number of nitrogens with one attached hydrogen (secondary N) is 1. The zero-order valence-electron chi connectivity index (χ0n) is 17.1. The minimum atomic E-state index is -0.267. The summed E-state index contributed by atoms with van der Waals surface area (Å²) >= 11 is 1.62. The summed E-state index contributed by atoms with van der Waals surface area (Å²) < 4.78 is 5.68. The highest BCUT2D eigenvalue weighted by Crippen LogP contribution is 2.31. The number of hydrogen-bond donors (Lipinski definition) is 1. The average molecular weight is 422 g/mol. The second-order valence-corrected chi connectivity index (χ2v) is 9.00. The zero-order chi connectivity index (χ0) is 21.3. The van der Waals surface area contributed by atoms with Crippen molar-refractivity contribution < 1.29 is 14.3 Å². The lowest BCUT2D eigenvalue weighted by atomic mass is 9.93. The number of amides is 2.